The predicted octanol–water partition coefficient (Wildman–Crippen LogP) is 3.48. The number of nitrogens with one attached hydrogen (secondary N) is 1. The SMILES string of the molecule is CC(C1CCCC1)n1cc(C(N)=O)c(Nc2ccccc2)n1. The number of aromatic nitrogens is 2. The van der Waals surface area contributed by atoms with Gasteiger partial charge in [-0.2, -0.15) is 5.10 Å². The molecular formula is C17H22N4O. The molecule has 0 spiro atoms. The van der Waals surface area contributed by atoms with Crippen LogP contribution in [0.4, 0.5) is 11.5 Å². The molecule has 1 heterocycles. The van der Waals surface area contributed by atoms with Crippen LogP contribution in [0.3, 0.4) is 0 Å². The van der Waals surface area contributed by atoms with E-state index < -0.39 is 5.91 Å². The van der Waals surface area contributed by atoms with Gasteiger partial charge in [0, 0.05) is 11.9 Å². The van der Waals surface area contributed by atoms with Gasteiger partial charge >= 0.3 is 0 Å². The maximum atomic E-state index is 11.7. The van der Waals surface area contributed by atoms with Crippen LogP contribution in [0.25, 0.3) is 0 Å². The van der Waals surface area contributed by atoms with Crippen LogP contribution in [-0.4, -0.2) is 15.7 Å². The van der Waals surface area contributed by atoms with Crippen molar-refractivity contribution in [1.82, 2.24) is 9.78 Å². The van der Waals surface area contributed by atoms with Crippen LogP contribution >= 0.6 is 0 Å². The molecule has 1 saturated carbocycles. The minimum atomic E-state index is -0.455. The molecule has 1 atom stereocenters. The van der Waals surface area contributed by atoms with Crippen molar-refractivity contribution < 1.29 is 4.79 Å². The summed E-state index contributed by atoms with van der Waals surface area (Å²) >= 11 is 0. The highest BCUT2D eigenvalue weighted by Crippen LogP contribution is 2.34. The fraction of sp³-hybridized carbons (Fsp3) is 0.412. The van der Waals surface area contributed by atoms with Crippen LogP contribution in [0.5, 0.6) is 0 Å². The van der Waals surface area contributed by atoms with Crippen molar-refractivity contribution >= 4 is 17.4 Å². The number of nitrogens with two attached hydrogens (primary N) is 1. The molecule has 1 aromatic heterocycles. The largest absolute Gasteiger partial charge is 0.365 e. The third kappa shape index (κ3) is 2.98. The number of para-hydroxylation sites is 1. The smallest absolute Gasteiger partial charge is 0.254 e. The molecule has 0 radical (unpaired) electrons. The summed E-state index contributed by atoms with van der Waals surface area (Å²) in [6.07, 6.45) is 6.81. The first-order valence-corrected chi connectivity index (χ1v) is 7.86. The highest BCUT2D eigenvalue weighted by molar-refractivity contribution is 5.98. The Bertz CT molecular complexity index is 644. The zero-order chi connectivity index (χ0) is 15.5. The lowest BCUT2D eigenvalue weighted by molar-refractivity contribution is 0.100. The molecule has 1 aliphatic rings. The number of rotatable bonds is 5. The first-order valence-electron chi connectivity index (χ1n) is 7.86. The molecular weight excluding hydrogens is 276 g/mol. The summed E-state index contributed by atoms with van der Waals surface area (Å²) < 4.78 is 1.89. The van der Waals surface area contributed by atoms with E-state index in [-0.39, 0.29) is 6.04 Å². The standard InChI is InChI=1S/C17H22N4O/c1-12(13-7-5-6-8-13)21-11-15(16(18)22)17(20-21)19-14-9-3-2-4-10-14/h2-4,9-13H,5-8H2,1H3,(H2,18,22)(H,19,20). The molecule has 3 rings (SSSR count). The van der Waals surface area contributed by atoms with Gasteiger partial charge in [0.15, 0.2) is 5.82 Å². The van der Waals surface area contributed by atoms with E-state index in [0.29, 0.717) is 17.3 Å². The summed E-state index contributed by atoms with van der Waals surface area (Å²) in [4.78, 5) is 11.7. The van der Waals surface area contributed by atoms with Crippen molar-refractivity contribution in [1.29, 1.82) is 0 Å². The van der Waals surface area contributed by atoms with Gasteiger partial charge in [-0.1, -0.05) is 31.0 Å². The highest BCUT2D eigenvalue weighted by Gasteiger charge is 2.25. The number of amides is 1. The maximum absolute atomic E-state index is 11.7. The number of hydrogen-bond donors (Lipinski definition) is 2. The zero-order valence-electron chi connectivity index (χ0n) is 12.8. The topological polar surface area (TPSA) is 72.9 Å². The Morgan fingerprint density at radius 2 is 2.00 bits per heavy atom. The van der Waals surface area contributed by atoms with Crippen molar-refractivity contribution in [2.24, 2.45) is 11.7 Å². The molecule has 3 N–H and O–H groups in total. The molecule has 0 bridgehead atoms. The summed E-state index contributed by atoms with van der Waals surface area (Å²) in [6, 6.07) is 9.97. The molecule has 1 aromatic carbocycles. The van der Waals surface area contributed by atoms with Crippen molar-refractivity contribution in [2.45, 2.75) is 38.6 Å². The van der Waals surface area contributed by atoms with E-state index in [1.54, 1.807) is 6.20 Å². The van der Waals surface area contributed by atoms with E-state index in [0.717, 1.165) is 5.69 Å². The lowest BCUT2D eigenvalue weighted by Crippen LogP contribution is -2.15. The van der Waals surface area contributed by atoms with Crippen molar-refractivity contribution in [3.63, 3.8) is 0 Å². The van der Waals surface area contributed by atoms with E-state index in [2.05, 4.69) is 17.3 Å². The van der Waals surface area contributed by atoms with Crippen LogP contribution in [0.1, 0.15) is 49.0 Å². The Balaban J connectivity index is 1.87. The summed E-state index contributed by atoms with van der Waals surface area (Å²) in [5, 5.41) is 7.76. The first kappa shape index (κ1) is 14.6. The lowest BCUT2D eigenvalue weighted by Gasteiger charge is -2.19. The van der Waals surface area contributed by atoms with Crippen LogP contribution in [0.15, 0.2) is 36.5 Å². The molecule has 1 unspecified atom stereocenters. The predicted molar refractivity (Wildman–Crippen MR) is 87.1 cm³/mol. The lowest BCUT2D eigenvalue weighted by atomic mass is 10.0. The molecule has 2 aromatic rings. The second-order valence-corrected chi connectivity index (χ2v) is 6.01. The van der Waals surface area contributed by atoms with Crippen LogP contribution in [-0.2, 0) is 0 Å². The number of carbonyl (C=O) groups excluding carboxylic acids is 1. The molecule has 1 aliphatic carbocycles. The average Bonchev–Trinajstić information content (AvgIpc) is 3.17. The number of nitrogens with zero attached hydrogens (tertiary/aromatic N) is 2. The van der Waals surface area contributed by atoms with Gasteiger partial charge in [-0.05, 0) is 37.8 Å². The normalized spacial score (nSPS) is 16.6. The van der Waals surface area contributed by atoms with E-state index in [9.17, 15) is 4.79 Å². The second kappa shape index (κ2) is 6.22. The van der Waals surface area contributed by atoms with Gasteiger partial charge in [0.1, 0.15) is 5.56 Å². The third-order valence-corrected chi connectivity index (χ3v) is 4.53. The molecule has 116 valence electrons. The highest BCUT2D eigenvalue weighted by atomic mass is 16.1. The second-order valence-electron chi connectivity index (χ2n) is 6.01. The van der Waals surface area contributed by atoms with Crippen LogP contribution in [0.2, 0.25) is 0 Å². The first-order chi connectivity index (χ1) is 10.6. The van der Waals surface area contributed by atoms with Gasteiger partial charge in [-0.3, -0.25) is 9.48 Å². The minimum Gasteiger partial charge on any atom is -0.365 e. The van der Waals surface area contributed by atoms with E-state index >= 15 is 0 Å². The average molecular weight is 298 g/mol. The Kier molecular flexibility index (Phi) is 4.13. The Hall–Kier alpha value is -2.30. The number of anilines is 2. The minimum absolute atomic E-state index is 0.284. The summed E-state index contributed by atoms with van der Waals surface area (Å²) in [6.45, 7) is 2.17. The number of carbonyl (C=O) groups is 1. The molecule has 5 heteroatoms. The van der Waals surface area contributed by atoms with Gasteiger partial charge in [-0.25, -0.2) is 0 Å². The number of benzene rings is 1. The van der Waals surface area contributed by atoms with Gasteiger partial charge in [0.05, 0.1) is 6.04 Å². The fourth-order valence-corrected chi connectivity index (χ4v) is 3.19. The van der Waals surface area contributed by atoms with Gasteiger partial charge < -0.3 is 11.1 Å². The van der Waals surface area contributed by atoms with Gasteiger partial charge in [0.25, 0.3) is 5.91 Å². The fourth-order valence-electron chi connectivity index (χ4n) is 3.19. The van der Waals surface area contributed by atoms with Gasteiger partial charge in [0.2, 0.25) is 0 Å². The summed E-state index contributed by atoms with van der Waals surface area (Å²) in [7, 11) is 0. The number of primary amides is 1. The van der Waals surface area contributed by atoms with Crippen LogP contribution in [0, 0.1) is 5.92 Å². The maximum Gasteiger partial charge on any atom is 0.254 e. The molecule has 22 heavy (non-hydrogen) atoms. The van der Waals surface area contributed by atoms with Crippen molar-refractivity contribution in [3.8, 4) is 0 Å². The molecule has 0 saturated heterocycles. The van der Waals surface area contributed by atoms with E-state index in [1.165, 1.54) is 25.7 Å². The summed E-state index contributed by atoms with van der Waals surface area (Å²) in [5.74, 6) is 0.706. The summed E-state index contributed by atoms with van der Waals surface area (Å²) in [5.41, 5.74) is 6.83. The van der Waals surface area contributed by atoms with Crippen LogP contribution < -0.4 is 11.1 Å². The monoisotopic (exact) mass is 298 g/mol. The number of hydrogen-bond acceptors (Lipinski definition) is 3. The quantitative estimate of drug-likeness (QED) is 0.887. The molecule has 1 fully saturated rings. The van der Waals surface area contributed by atoms with Crippen molar-refractivity contribution in [2.75, 3.05) is 5.32 Å². The van der Waals surface area contributed by atoms with Crippen molar-refractivity contribution in [3.05, 3.63) is 42.1 Å². The molecule has 5 nitrogen and oxygen atoms in total. The third-order valence-electron chi connectivity index (χ3n) is 4.53. The Morgan fingerprint density at radius 1 is 1.32 bits per heavy atom. The van der Waals surface area contributed by atoms with E-state index in [1.807, 2.05) is 35.0 Å². The Morgan fingerprint density at radius 3 is 2.64 bits per heavy atom. The Labute approximate surface area is 130 Å². The molecule has 0 aliphatic heterocycles. The van der Waals surface area contributed by atoms with E-state index in [4.69, 9.17) is 5.73 Å². The van der Waals surface area contributed by atoms with Gasteiger partial charge in [-0.15, -0.1) is 0 Å². The molecule has 1 amide bonds. The zero-order valence-corrected chi connectivity index (χ0v) is 12.8.